The van der Waals surface area contributed by atoms with Crippen LogP contribution >= 0.6 is 0 Å². The Balaban J connectivity index is 1.57. The lowest BCUT2D eigenvalue weighted by Gasteiger charge is -2.36. The van der Waals surface area contributed by atoms with E-state index in [0.717, 1.165) is 5.56 Å². The van der Waals surface area contributed by atoms with E-state index in [2.05, 4.69) is 10.3 Å². The fourth-order valence-electron chi connectivity index (χ4n) is 4.73. The maximum absolute atomic E-state index is 17.2. The van der Waals surface area contributed by atoms with Crippen LogP contribution in [0.25, 0.3) is 11.1 Å². The van der Waals surface area contributed by atoms with E-state index in [4.69, 9.17) is 19.6 Å². The summed E-state index contributed by atoms with van der Waals surface area (Å²) in [7, 11) is 1.25. The highest BCUT2D eigenvalue weighted by Crippen LogP contribution is 2.37. The number of hydrogen-bond acceptors (Lipinski definition) is 9. The molecule has 0 amide bonds. The number of carbonyl (C=O) groups is 2. The molecule has 1 fully saturated rings. The average Bonchev–Trinajstić information content (AvgIpc) is 3.65. The van der Waals surface area contributed by atoms with Crippen LogP contribution in [0.5, 0.6) is 5.75 Å². The summed E-state index contributed by atoms with van der Waals surface area (Å²) < 4.78 is 33.2. The number of nitrogen functional groups attached to an aromatic ring is 1. The van der Waals surface area contributed by atoms with Crippen molar-refractivity contribution in [3.63, 3.8) is 0 Å². The molecule has 1 aromatic heterocycles. The Kier molecular flexibility index (Phi) is 7.21. The number of esters is 1. The number of rotatable bonds is 9. The molecular formula is C29H29FN4O5. The minimum Gasteiger partial charge on any atom is -0.465 e. The minimum absolute atomic E-state index is 0.00147. The molecule has 39 heavy (non-hydrogen) atoms. The summed E-state index contributed by atoms with van der Waals surface area (Å²) in [6.07, 6.45) is 2.73. The van der Waals surface area contributed by atoms with Gasteiger partial charge in [-0.05, 0) is 67.3 Å². The minimum atomic E-state index is -2.87. The number of ketones is 1. The van der Waals surface area contributed by atoms with Crippen LogP contribution in [0, 0.1) is 6.92 Å². The molecule has 2 atom stereocenters. The summed E-state index contributed by atoms with van der Waals surface area (Å²) in [6, 6.07) is 15.5. The fraction of sp³-hybridized carbons (Fsp3) is 0.276. The van der Waals surface area contributed by atoms with Crippen LogP contribution in [0.2, 0.25) is 0 Å². The highest BCUT2D eigenvalue weighted by Gasteiger charge is 2.52. The lowest BCUT2D eigenvalue weighted by molar-refractivity contribution is -0.192. The van der Waals surface area contributed by atoms with E-state index in [1.807, 2.05) is 31.2 Å². The number of alkyl halides is 1. The van der Waals surface area contributed by atoms with Crippen LogP contribution in [0.15, 0.2) is 71.5 Å². The second kappa shape index (κ2) is 10.7. The summed E-state index contributed by atoms with van der Waals surface area (Å²) in [5.41, 5.74) is 9.42. The molecule has 3 N–H and O–H groups in total. The van der Waals surface area contributed by atoms with E-state index >= 15 is 4.39 Å². The molecule has 5 rings (SSSR count). The first-order valence-corrected chi connectivity index (χ1v) is 12.6. The van der Waals surface area contributed by atoms with Crippen LogP contribution in [0.4, 0.5) is 15.8 Å². The number of fused-ring (bicyclic) bond motifs is 1. The first-order valence-electron chi connectivity index (χ1n) is 12.6. The molecule has 202 valence electrons. The van der Waals surface area contributed by atoms with E-state index < -0.39 is 23.8 Å². The van der Waals surface area contributed by atoms with Gasteiger partial charge < -0.3 is 24.9 Å². The number of methoxy groups -OCH3 is 1. The van der Waals surface area contributed by atoms with Crippen molar-refractivity contribution in [2.45, 2.75) is 31.8 Å². The van der Waals surface area contributed by atoms with Crippen LogP contribution in [0.1, 0.15) is 40.4 Å². The predicted octanol–water partition coefficient (Wildman–Crippen LogP) is 5.03. The second-order valence-corrected chi connectivity index (χ2v) is 9.44. The molecule has 1 saturated heterocycles. The third kappa shape index (κ3) is 5.15. The van der Waals surface area contributed by atoms with E-state index in [-0.39, 0.29) is 17.0 Å². The summed E-state index contributed by atoms with van der Waals surface area (Å²) in [5.74, 6) is -4.39. The number of likely N-dealkylation sites (tertiary alicyclic amines) is 1. The van der Waals surface area contributed by atoms with E-state index in [9.17, 15) is 9.59 Å². The van der Waals surface area contributed by atoms with Crippen molar-refractivity contribution in [3.05, 3.63) is 83.7 Å². The van der Waals surface area contributed by atoms with Crippen molar-refractivity contribution >= 4 is 34.2 Å². The number of para-hydroxylation sites is 1. The largest absolute Gasteiger partial charge is 0.465 e. The molecular weight excluding hydrogens is 503 g/mol. The molecule has 9 nitrogen and oxygen atoms in total. The van der Waals surface area contributed by atoms with Gasteiger partial charge in [0.15, 0.2) is 12.0 Å². The molecule has 1 aliphatic rings. The van der Waals surface area contributed by atoms with Gasteiger partial charge in [-0.2, -0.15) is 4.39 Å². The van der Waals surface area contributed by atoms with Crippen molar-refractivity contribution in [2.75, 3.05) is 31.2 Å². The first-order chi connectivity index (χ1) is 18.8. The number of Topliss-reactive ketones (excluding diaryl/α,β-unsaturated/α-hetero) is 1. The van der Waals surface area contributed by atoms with Gasteiger partial charge in [0, 0.05) is 18.8 Å². The molecule has 2 unspecified atom stereocenters. The molecule has 0 radical (unpaired) electrons. The molecule has 10 heteroatoms. The van der Waals surface area contributed by atoms with Crippen molar-refractivity contribution in [1.82, 2.24) is 9.88 Å². The van der Waals surface area contributed by atoms with Gasteiger partial charge in [-0.1, -0.05) is 24.3 Å². The Bertz CT molecular complexity index is 1520. The van der Waals surface area contributed by atoms with Gasteiger partial charge in [0.2, 0.25) is 0 Å². The normalized spacial score (nSPS) is 16.0. The second-order valence-electron chi connectivity index (χ2n) is 9.44. The molecule has 0 spiro atoms. The zero-order valence-corrected chi connectivity index (χ0v) is 21.6. The van der Waals surface area contributed by atoms with Gasteiger partial charge in [-0.25, -0.2) is 14.7 Å². The van der Waals surface area contributed by atoms with Gasteiger partial charge >= 0.3 is 11.9 Å². The number of aryl methyl sites for hydroxylation is 1. The standard InChI is InChI=1S/C29H29FN4O5/c1-18-7-3-4-8-22(18)33-26(19-9-11-23-25(16-19)38-17-32-23)27(35)29(30,34-13-5-6-14-34)39-24-12-10-20(15-21(24)31)28(36)37-2/h3-4,7-12,15-17,26,33H,5-6,13-14,31H2,1-2H3. The van der Waals surface area contributed by atoms with E-state index in [0.29, 0.717) is 48.3 Å². The number of nitrogens with one attached hydrogen (secondary N) is 1. The number of ether oxygens (including phenoxy) is 2. The smallest absolute Gasteiger partial charge is 0.374 e. The molecule has 0 bridgehead atoms. The Hall–Kier alpha value is -4.44. The first kappa shape index (κ1) is 26.2. The van der Waals surface area contributed by atoms with Crippen LogP contribution < -0.4 is 15.8 Å². The molecule has 0 aliphatic carbocycles. The lowest BCUT2D eigenvalue weighted by atomic mass is 9.98. The fourth-order valence-corrected chi connectivity index (χ4v) is 4.73. The maximum Gasteiger partial charge on any atom is 0.374 e. The average molecular weight is 533 g/mol. The van der Waals surface area contributed by atoms with Crippen molar-refractivity contribution in [3.8, 4) is 5.75 Å². The van der Waals surface area contributed by atoms with Crippen LogP contribution in [-0.4, -0.2) is 47.8 Å². The van der Waals surface area contributed by atoms with E-state index in [1.165, 1.54) is 36.6 Å². The number of carbonyl (C=O) groups excluding carboxylic acids is 2. The number of halogens is 1. The molecule has 4 aromatic rings. The Morgan fingerprint density at radius 3 is 2.62 bits per heavy atom. The number of nitrogens with zero attached hydrogens (tertiary/aromatic N) is 2. The summed E-state index contributed by atoms with van der Waals surface area (Å²) in [5, 5.41) is 3.23. The number of nitrogens with two attached hydrogens (primary N) is 1. The Labute approximate surface area is 224 Å². The van der Waals surface area contributed by atoms with Crippen molar-refractivity contribution in [2.24, 2.45) is 0 Å². The van der Waals surface area contributed by atoms with Crippen LogP contribution in [0.3, 0.4) is 0 Å². The SMILES string of the molecule is COC(=O)c1ccc(OC(F)(C(=O)C(Nc2ccccc2C)c2ccc3ncoc3c2)N2CCCC2)c(N)c1. The van der Waals surface area contributed by atoms with Gasteiger partial charge in [-0.15, -0.1) is 0 Å². The zero-order chi connectivity index (χ0) is 27.6. The highest BCUT2D eigenvalue weighted by atomic mass is 19.2. The number of benzene rings is 3. The number of aromatic nitrogens is 1. The Morgan fingerprint density at radius 2 is 1.90 bits per heavy atom. The van der Waals surface area contributed by atoms with Crippen LogP contribution in [-0.2, 0) is 9.53 Å². The molecule has 3 aromatic carbocycles. The number of oxazole rings is 1. The highest BCUT2D eigenvalue weighted by molar-refractivity contribution is 5.95. The van der Waals surface area contributed by atoms with Crippen molar-refractivity contribution in [1.29, 1.82) is 0 Å². The van der Waals surface area contributed by atoms with E-state index in [1.54, 1.807) is 18.2 Å². The summed E-state index contributed by atoms with van der Waals surface area (Å²) in [4.78, 5) is 31.8. The monoisotopic (exact) mass is 532 g/mol. The van der Waals surface area contributed by atoms with Gasteiger partial charge in [0.05, 0.1) is 18.4 Å². The number of hydrogen-bond donors (Lipinski definition) is 2. The molecule has 1 aliphatic heterocycles. The van der Waals surface area contributed by atoms with Gasteiger partial charge in [0.1, 0.15) is 17.3 Å². The molecule has 0 saturated carbocycles. The predicted molar refractivity (Wildman–Crippen MR) is 144 cm³/mol. The van der Waals surface area contributed by atoms with Crippen molar-refractivity contribution < 1.29 is 27.9 Å². The lowest BCUT2D eigenvalue weighted by Crippen LogP contribution is -2.57. The zero-order valence-electron chi connectivity index (χ0n) is 21.6. The van der Waals surface area contributed by atoms with Gasteiger partial charge in [-0.3, -0.25) is 4.79 Å². The topological polar surface area (TPSA) is 120 Å². The quantitative estimate of drug-likeness (QED) is 0.174. The third-order valence-corrected chi connectivity index (χ3v) is 6.89. The third-order valence-electron chi connectivity index (χ3n) is 6.89. The summed E-state index contributed by atoms with van der Waals surface area (Å²) in [6.45, 7) is 2.54. The molecule has 2 heterocycles. The summed E-state index contributed by atoms with van der Waals surface area (Å²) >= 11 is 0. The number of anilines is 2. The maximum atomic E-state index is 17.2. The Morgan fingerprint density at radius 1 is 1.13 bits per heavy atom. The van der Waals surface area contributed by atoms with Gasteiger partial charge in [0.25, 0.3) is 5.78 Å².